The highest BCUT2D eigenvalue weighted by atomic mass is 16.5. The van der Waals surface area contributed by atoms with Crippen LogP contribution in [0.3, 0.4) is 0 Å². The summed E-state index contributed by atoms with van der Waals surface area (Å²) in [5.74, 6) is 0.116. The van der Waals surface area contributed by atoms with Gasteiger partial charge in [-0.3, -0.25) is 4.79 Å². The van der Waals surface area contributed by atoms with Gasteiger partial charge in [0.15, 0.2) is 5.78 Å². The third-order valence-corrected chi connectivity index (χ3v) is 2.61. The number of hydrogen-bond acceptors (Lipinski definition) is 2. The van der Waals surface area contributed by atoms with Crippen LogP contribution in [-0.4, -0.2) is 12.4 Å². The fraction of sp³-hybridized carbons (Fsp3) is 0.308. The number of ether oxygens (including phenoxy) is 1. The minimum atomic E-state index is 0.116. The lowest BCUT2D eigenvalue weighted by Gasteiger charge is -2.16. The zero-order valence-corrected chi connectivity index (χ0v) is 8.82. The molecule has 0 aliphatic heterocycles. The van der Waals surface area contributed by atoms with E-state index in [2.05, 4.69) is 0 Å². The molecule has 0 heterocycles. The molecule has 0 N–H and O–H groups in total. The molecule has 1 aromatic rings. The molecule has 0 saturated carbocycles. The van der Waals surface area contributed by atoms with Gasteiger partial charge in [0, 0.05) is 11.1 Å². The standard InChI is InChI=1S/C13H14O2/c1-2-15-9-11-8-7-10-5-3-4-6-12(10)13(11)14/h3-6,9H,2,7-8H2,1H3/b11-9+. The molecule has 2 nitrogen and oxygen atoms in total. The van der Waals surface area contributed by atoms with Gasteiger partial charge >= 0.3 is 0 Å². The maximum absolute atomic E-state index is 12.0. The van der Waals surface area contributed by atoms with E-state index in [4.69, 9.17) is 4.74 Å². The van der Waals surface area contributed by atoms with Crippen molar-refractivity contribution in [2.75, 3.05) is 6.61 Å². The van der Waals surface area contributed by atoms with Gasteiger partial charge < -0.3 is 4.74 Å². The van der Waals surface area contributed by atoms with E-state index in [9.17, 15) is 4.79 Å². The molecule has 0 unspecified atom stereocenters. The first-order chi connectivity index (χ1) is 7.33. The molecule has 0 fully saturated rings. The van der Waals surface area contributed by atoms with Crippen molar-refractivity contribution in [3.63, 3.8) is 0 Å². The quantitative estimate of drug-likeness (QED) is 0.544. The Morgan fingerprint density at radius 2 is 2.13 bits per heavy atom. The number of fused-ring (bicyclic) bond motifs is 1. The van der Waals surface area contributed by atoms with E-state index >= 15 is 0 Å². The molecule has 78 valence electrons. The molecule has 1 aliphatic carbocycles. The van der Waals surface area contributed by atoms with Crippen molar-refractivity contribution in [2.24, 2.45) is 0 Å². The molecule has 0 aromatic heterocycles. The van der Waals surface area contributed by atoms with Crippen molar-refractivity contribution < 1.29 is 9.53 Å². The zero-order chi connectivity index (χ0) is 10.7. The van der Waals surface area contributed by atoms with Crippen LogP contribution in [-0.2, 0) is 11.2 Å². The molecule has 0 bridgehead atoms. The number of carbonyl (C=O) groups is 1. The van der Waals surface area contributed by atoms with Gasteiger partial charge in [0.05, 0.1) is 12.9 Å². The molecule has 1 aliphatic rings. The average Bonchev–Trinajstić information content (AvgIpc) is 2.29. The highest BCUT2D eigenvalue weighted by Crippen LogP contribution is 2.24. The molecule has 0 amide bonds. The Labute approximate surface area is 89.6 Å². The third kappa shape index (κ3) is 1.94. The number of carbonyl (C=O) groups excluding carboxylic acids is 1. The van der Waals surface area contributed by atoms with Crippen molar-refractivity contribution in [3.8, 4) is 0 Å². The SMILES string of the molecule is CCO/C=C1\CCc2ccccc2C1=O. The number of ketones is 1. The van der Waals surface area contributed by atoms with E-state index in [1.165, 1.54) is 0 Å². The fourth-order valence-corrected chi connectivity index (χ4v) is 1.81. The van der Waals surface area contributed by atoms with Crippen LogP contribution in [0.5, 0.6) is 0 Å². The second-order valence-electron chi connectivity index (χ2n) is 3.58. The highest BCUT2D eigenvalue weighted by molar-refractivity contribution is 6.10. The van der Waals surface area contributed by atoms with Gasteiger partial charge in [-0.15, -0.1) is 0 Å². The van der Waals surface area contributed by atoms with E-state index in [-0.39, 0.29) is 5.78 Å². The minimum Gasteiger partial charge on any atom is -0.501 e. The van der Waals surface area contributed by atoms with E-state index in [0.717, 1.165) is 29.5 Å². The van der Waals surface area contributed by atoms with Crippen molar-refractivity contribution in [1.82, 2.24) is 0 Å². The topological polar surface area (TPSA) is 26.3 Å². The monoisotopic (exact) mass is 202 g/mol. The van der Waals surface area contributed by atoms with Gasteiger partial charge in [0.1, 0.15) is 0 Å². The predicted molar refractivity (Wildman–Crippen MR) is 58.8 cm³/mol. The van der Waals surface area contributed by atoms with Crippen LogP contribution >= 0.6 is 0 Å². The lowest BCUT2D eigenvalue weighted by atomic mass is 9.87. The Balaban J connectivity index is 2.30. The molecule has 0 radical (unpaired) electrons. The first kappa shape index (κ1) is 9.97. The predicted octanol–water partition coefficient (Wildman–Crippen LogP) is 2.74. The lowest BCUT2D eigenvalue weighted by molar-refractivity contribution is 0.101. The summed E-state index contributed by atoms with van der Waals surface area (Å²) < 4.78 is 5.18. The first-order valence-electron chi connectivity index (χ1n) is 5.26. The summed E-state index contributed by atoms with van der Waals surface area (Å²) in [5.41, 5.74) is 2.77. The van der Waals surface area contributed by atoms with Crippen molar-refractivity contribution >= 4 is 5.78 Å². The van der Waals surface area contributed by atoms with Crippen LogP contribution in [0.25, 0.3) is 0 Å². The number of rotatable bonds is 2. The van der Waals surface area contributed by atoms with E-state index in [1.807, 2.05) is 31.2 Å². The summed E-state index contributed by atoms with van der Waals surface area (Å²) in [5, 5.41) is 0. The third-order valence-electron chi connectivity index (χ3n) is 2.61. The Bertz CT molecular complexity index is 405. The van der Waals surface area contributed by atoms with Crippen LogP contribution in [0, 0.1) is 0 Å². The van der Waals surface area contributed by atoms with Crippen LogP contribution in [0.4, 0.5) is 0 Å². The number of benzene rings is 1. The molecule has 2 heteroatoms. The molecular formula is C13H14O2. The van der Waals surface area contributed by atoms with Crippen molar-refractivity contribution in [3.05, 3.63) is 47.2 Å². The van der Waals surface area contributed by atoms with Crippen LogP contribution in [0.1, 0.15) is 29.3 Å². The molecule has 0 atom stereocenters. The molecule has 1 aromatic carbocycles. The van der Waals surface area contributed by atoms with Gasteiger partial charge in [-0.1, -0.05) is 24.3 Å². The molecule has 2 rings (SSSR count). The van der Waals surface area contributed by atoms with Crippen LogP contribution in [0.15, 0.2) is 36.1 Å². The van der Waals surface area contributed by atoms with Gasteiger partial charge in [0.2, 0.25) is 0 Å². The van der Waals surface area contributed by atoms with Crippen LogP contribution < -0.4 is 0 Å². The summed E-state index contributed by atoms with van der Waals surface area (Å²) >= 11 is 0. The Hall–Kier alpha value is -1.57. The van der Waals surface area contributed by atoms with Crippen molar-refractivity contribution in [2.45, 2.75) is 19.8 Å². The number of allylic oxidation sites excluding steroid dienone is 1. The Morgan fingerprint density at radius 1 is 1.33 bits per heavy atom. The maximum atomic E-state index is 12.0. The first-order valence-corrected chi connectivity index (χ1v) is 5.26. The summed E-state index contributed by atoms with van der Waals surface area (Å²) in [7, 11) is 0. The zero-order valence-electron chi connectivity index (χ0n) is 8.82. The Morgan fingerprint density at radius 3 is 2.93 bits per heavy atom. The molecular weight excluding hydrogens is 188 g/mol. The van der Waals surface area contributed by atoms with Gasteiger partial charge in [-0.2, -0.15) is 0 Å². The average molecular weight is 202 g/mol. The van der Waals surface area contributed by atoms with Gasteiger partial charge in [-0.25, -0.2) is 0 Å². The van der Waals surface area contributed by atoms with Gasteiger partial charge in [0.25, 0.3) is 0 Å². The normalized spacial score (nSPS) is 17.7. The lowest BCUT2D eigenvalue weighted by Crippen LogP contribution is -2.14. The largest absolute Gasteiger partial charge is 0.501 e. The van der Waals surface area contributed by atoms with E-state index < -0.39 is 0 Å². The smallest absolute Gasteiger partial charge is 0.192 e. The summed E-state index contributed by atoms with van der Waals surface area (Å²) in [4.78, 5) is 12.0. The number of hydrogen-bond donors (Lipinski definition) is 0. The Kier molecular flexibility index (Phi) is 2.86. The number of Topliss-reactive ketones (excluding diaryl/α,β-unsaturated/α-hetero) is 1. The number of aryl methyl sites for hydroxylation is 1. The van der Waals surface area contributed by atoms with Crippen LogP contribution in [0.2, 0.25) is 0 Å². The minimum absolute atomic E-state index is 0.116. The second-order valence-corrected chi connectivity index (χ2v) is 3.58. The summed E-state index contributed by atoms with van der Waals surface area (Å²) in [6.07, 6.45) is 3.33. The summed E-state index contributed by atoms with van der Waals surface area (Å²) in [6.45, 7) is 2.52. The molecule has 0 spiro atoms. The van der Waals surface area contributed by atoms with E-state index in [1.54, 1.807) is 6.26 Å². The molecule has 0 saturated heterocycles. The maximum Gasteiger partial charge on any atom is 0.192 e. The van der Waals surface area contributed by atoms with Crippen molar-refractivity contribution in [1.29, 1.82) is 0 Å². The molecule has 15 heavy (non-hydrogen) atoms. The summed E-state index contributed by atoms with van der Waals surface area (Å²) in [6, 6.07) is 7.78. The van der Waals surface area contributed by atoms with E-state index in [0.29, 0.717) is 6.61 Å². The van der Waals surface area contributed by atoms with Gasteiger partial charge in [-0.05, 0) is 25.3 Å². The highest BCUT2D eigenvalue weighted by Gasteiger charge is 2.21. The fourth-order valence-electron chi connectivity index (χ4n) is 1.81. The second kappa shape index (κ2) is 4.30.